The van der Waals surface area contributed by atoms with Gasteiger partial charge in [-0.2, -0.15) is 0 Å². The molecule has 1 N–H and O–H groups in total. The second-order valence-electron chi connectivity index (χ2n) is 28.3. The van der Waals surface area contributed by atoms with Crippen molar-refractivity contribution in [2.75, 3.05) is 13.2 Å². The maximum absolute atomic E-state index is 12.6. The lowest BCUT2D eigenvalue weighted by Crippen LogP contribution is -2.21. The molecule has 0 spiro atoms. The van der Waals surface area contributed by atoms with E-state index in [1.807, 2.05) is 50.2 Å². The zero-order chi connectivity index (χ0) is 69.7. The second kappa shape index (κ2) is 70.0. The maximum Gasteiger partial charge on any atom is 0.514 e. The van der Waals surface area contributed by atoms with Crippen LogP contribution in [0.1, 0.15) is 406 Å². The van der Waals surface area contributed by atoms with Crippen LogP contribution in [0.3, 0.4) is 0 Å². The van der Waals surface area contributed by atoms with E-state index in [4.69, 9.17) is 23.7 Å². The van der Waals surface area contributed by atoms with Gasteiger partial charge in [0.25, 0.3) is 0 Å². The van der Waals surface area contributed by atoms with E-state index in [0.29, 0.717) is 49.4 Å². The van der Waals surface area contributed by atoms with Crippen LogP contribution in [0.25, 0.3) is 0 Å². The molecule has 10 heteroatoms. The average Bonchev–Trinajstić information content (AvgIpc) is 1.65. The highest BCUT2D eigenvalue weighted by atomic mass is 16.7. The highest BCUT2D eigenvalue weighted by Crippen LogP contribution is 2.24. The van der Waals surface area contributed by atoms with Gasteiger partial charge in [0.05, 0.1) is 19.3 Å². The molecule has 0 amide bonds. The topological polar surface area (TPSA) is 135 Å². The van der Waals surface area contributed by atoms with E-state index in [2.05, 4.69) is 41.5 Å². The number of carbonyl (C=O) groups is 4. The third kappa shape index (κ3) is 64.5. The molecule has 552 valence electrons. The van der Waals surface area contributed by atoms with E-state index in [1.165, 1.54) is 251 Å². The molecule has 0 heterocycles. The monoisotopic (exact) mass is 1330 g/mol. The molecule has 10 nitrogen and oxygen atoms in total. The van der Waals surface area contributed by atoms with Crippen LogP contribution in [-0.4, -0.2) is 54.6 Å². The van der Waals surface area contributed by atoms with E-state index in [0.717, 1.165) is 101 Å². The second-order valence-corrected chi connectivity index (χ2v) is 28.3. The third-order valence-corrected chi connectivity index (χ3v) is 18.7. The Labute approximate surface area is 586 Å². The van der Waals surface area contributed by atoms with Gasteiger partial charge in [0.2, 0.25) is 0 Å². The zero-order valence-electron chi connectivity index (χ0n) is 63.6. The number of rotatable bonds is 63. The van der Waals surface area contributed by atoms with Gasteiger partial charge >= 0.3 is 24.1 Å². The van der Waals surface area contributed by atoms with Crippen LogP contribution in [0.4, 0.5) is 4.79 Å². The predicted molar refractivity (Wildman–Crippen MR) is 403 cm³/mol. The summed E-state index contributed by atoms with van der Waals surface area (Å²) in [5, 5.41) is 10.2. The average molecular weight is 1330 g/mol. The lowest BCUT2D eigenvalue weighted by Gasteiger charge is -2.18. The van der Waals surface area contributed by atoms with Gasteiger partial charge in [-0.05, 0) is 127 Å². The molecule has 0 aliphatic rings. The lowest BCUT2D eigenvalue weighted by atomic mass is 9.96. The molecule has 2 rings (SSSR count). The molecule has 2 aromatic carbocycles. The zero-order valence-corrected chi connectivity index (χ0v) is 63.6. The van der Waals surface area contributed by atoms with Gasteiger partial charge in [-0.15, -0.1) is 0 Å². The first-order chi connectivity index (χ1) is 46.3. The number of aliphatic hydroxyl groups is 1. The molecule has 0 fully saturated rings. The van der Waals surface area contributed by atoms with E-state index in [-0.39, 0.29) is 30.1 Å². The molecule has 0 saturated carbocycles. The summed E-state index contributed by atoms with van der Waals surface area (Å²) in [5.41, 5.74) is 2.28. The summed E-state index contributed by atoms with van der Waals surface area (Å²) in [5.74, 6) is 1.91. The number of aryl methyl sites for hydroxylation is 2. The van der Waals surface area contributed by atoms with Crippen LogP contribution < -0.4 is 9.47 Å². The first-order valence-electron chi connectivity index (χ1n) is 40.5. The number of esters is 3. The first kappa shape index (κ1) is 91.1. The molecule has 0 aromatic heterocycles. The van der Waals surface area contributed by atoms with Crippen molar-refractivity contribution in [1.82, 2.24) is 0 Å². The van der Waals surface area contributed by atoms with Gasteiger partial charge in [-0.3, -0.25) is 14.4 Å². The fraction of sp³-hybridized carbons (Fsp3) is 0.812. The van der Waals surface area contributed by atoms with Gasteiger partial charge in [-0.25, -0.2) is 4.79 Å². The summed E-state index contributed by atoms with van der Waals surface area (Å²) in [7, 11) is 0. The number of aliphatic hydroxyl groups excluding tert-OH is 1. The standard InChI is InChI=1S/C42H74O5.C34H68O3.C9H10O2/c1-5-8-11-13-14-15-16-17-20-24-29-39(46-42(44)47-40-34-32-37(4)33-35-40)30-25-21-18-19-22-26-31-41(43)45-36-38(27-10-7-3)28-23-12-9-6-2;1-4-7-10-12-13-14-15-16-19-23-28-33(35)29-24-20-17-18-21-25-30-34(36)37-31-32(26-9-6-3)27-22-11-8-5-2;1-7-3-5-9(6-4-7)11-8(2)10/h32-35,38-39H,5-31,36H2,1-4H3;32-33,35H,4-31H2,1-3H3;3-6H,1-2H3. The van der Waals surface area contributed by atoms with Crippen LogP contribution in [0, 0.1) is 25.7 Å². The Morgan fingerprint density at radius 3 is 0.916 bits per heavy atom. The van der Waals surface area contributed by atoms with Gasteiger partial charge < -0.3 is 28.8 Å². The van der Waals surface area contributed by atoms with Crippen molar-refractivity contribution in [1.29, 1.82) is 0 Å². The van der Waals surface area contributed by atoms with Gasteiger partial charge in [0.15, 0.2) is 0 Å². The van der Waals surface area contributed by atoms with Crippen LogP contribution in [0.5, 0.6) is 11.5 Å². The van der Waals surface area contributed by atoms with Crippen LogP contribution in [0.2, 0.25) is 0 Å². The lowest BCUT2D eigenvalue weighted by molar-refractivity contribution is -0.146. The summed E-state index contributed by atoms with van der Waals surface area (Å²) in [4.78, 5) is 47.6. The molecule has 2 aromatic rings. The van der Waals surface area contributed by atoms with Crippen LogP contribution >= 0.6 is 0 Å². The van der Waals surface area contributed by atoms with Crippen molar-refractivity contribution in [2.24, 2.45) is 11.8 Å². The molecular formula is C85H152O10. The highest BCUT2D eigenvalue weighted by molar-refractivity contribution is 5.70. The minimum atomic E-state index is -0.592. The molecular weight excluding hydrogens is 1180 g/mol. The molecule has 4 unspecified atom stereocenters. The van der Waals surface area contributed by atoms with Crippen molar-refractivity contribution in [2.45, 2.75) is 421 Å². The van der Waals surface area contributed by atoms with Crippen molar-refractivity contribution >= 4 is 24.1 Å². The SMILES string of the molecule is CC(=O)Oc1ccc(C)cc1.CCCCCCCCCCCCC(CCCCCCCCC(=O)OCC(CCCC)CCCCCC)OC(=O)Oc1ccc(C)cc1.CCCCCCCCCCCCC(O)CCCCCCCCC(=O)OCC(CCCC)CCCCCC. The van der Waals surface area contributed by atoms with Crippen molar-refractivity contribution in [3.8, 4) is 11.5 Å². The van der Waals surface area contributed by atoms with Crippen molar-refractivity contribution < 1.29 is 48.0 Å². The molecule has 95 heavy (non-hydrogen) atoms. The smallest absolute Gasteiger partial charge is 0.465 e. The predicted octanol–water partition coefficient (Wildman–Crippen LogP) is 26.7. The number of unbranched alkanes of at least 4 members (excludes halogenated alkanes) is 36. The Morgan fingerprint density at radius 1 is 0.326 bits per heavy atom. The van der Waals surface area contributed by atoms with E-state index >= 15 is 0 Å². The minimum absolute atomic E-state index is 0.00477. The third-order valence-electron chi connectivity index (χ3n) is 18.7. The largest absolute Gasteiger partial charge is 0.514 e. The molecule has 0 aliphatic carbocycles. The summed E-state index contributed by atoms with van der Waals surface area (Å²) >= 11 is 0. The molecule has 4 atom stereocenters. The maximum atomic E-state index is 12.6. The van der Waals surface area contributed by atoms with Crippen molar-refractivity contribution in [3.63, 3.8) is 0 Å². The summed E-state index contributed by atoms with van der Waals surface area (Å²) in [6.45, 7) is 20.1. The first-order valence-corrected chi connectivity index (χ1v) is 40.5. The molecule has 0 radical (unpaired) electrons. The van der Waals surface area contributed by atoms with Gasteiger partial charge in [0.1, 0.15) is 17.6 Å². The normalized spacial score (nSPS) is 12.4. The Morgan fingerprint density at radius 2 is 0.589 bits per heavy atom. The van der Waals surface area contributed by atoms with E-state index in [9.17, 15) is 24.3 Å². The minimum Gasteiger partial charge on any atom is -0.465 e. The van der Waals surface area contributed by atoms with Crippen molar-refractivity contribution in [3.05, 3.63) is 59.7 Å². The Hall–Kier alpha value is -3.92. The Kier molecular flexibility index (Phi) is 67.1. The van der Waals surface area contributed by atoms with Gasteiger partial charge in [-0.1, -0.05) is 334 Å². The molecule has 0 saturated heterocycles. The summed E-state index contributed by atoms with van der Waals surface area (Å²) in [6.07, 6.45) is 63.7. The quantitative estimate of drug-likeness (QED) is 0.0224. The Balaban J connectivity index is 0.00000163. The molecule has 0 bridgehead atoms. The van der Waals surface area contributed by atoms with Crippen LogP contribution in [0.15, 0.2) is 48.5 Å². The van der Waals surface area contributed by atoms with Crippen LogP contribution in [-0.2, 0) is 28.6 Å². The summed E-state index contributed by atoms with van der Waals surface area (Å²) < 4.78 is 27.4. The number of hydrogen-bond acceptors (Lipinski definition) is 10. The number of hydrogen-bond donors (Lipinski definition) is 1. The van der Waals surface area contributed by atoms with E-state index in [1.54, 1.807) is 12.1 Å². The Bertz CT molecular complexity index is 1970. The number of benzene rings is 2. The fourth-order valence-electron chi connectivity index (χ4n) is 12.4. The van der Waals surface area contributed by atoms with Gasteiger partial charge in [0, 0.05) is 19.8 Å². The van der Waals surface area contributed by atoms with E-state index < -0.39 is 6.16 Å². The number of ether oxygens (including phenoxy) is 5. The summed E-state index contributed by atoms with van der Waals surface area (Å²) in [6, 6.07) is 14.9. The number of carbonyl (C=O) groups excluding carboxylic acids is 4. The highest BCUT2D eigenvalue weighted by Gasteiger charge is 2.18. The molecule has 0 aliphatic heterocycles. The fourth-order valence-corrected chi connectivity index (χ4v) is 12.4.